The Labute approximate surface area is 125 Å². The summed E-state index contributed by atoms with van der Waals surface area (Å²) in [6.45, 7) is 4.59. The summed E-state index contributed by atoms with van der Waals surface area (Å²) in [6, 6.07) is 7.82. The Morgan fingerprint density at radius 1 is 1.24 bits per heavy atom. The molecule has 0 spiro atoms. The van der Waals surface area contributed by atoms with Gasteiger partial charge in [-0.1, -0.05) is 44.5 Å². The molecule has 2 atom stereocenters. The molecule has 2 aliphatic rings. The zero-order valence-corrected chi connectivity index (χ0v) is 12.6. The molecule has 1 N–H and O–H groups in total. The third kappa shape index (κ3) is 2.55. The van der Waals surface area contributed by atoms with Gasteiger partial charge in [0.1, 0.15) is 6.04 Å². The number of urea groups is 1. The van der Waals surface area contributed by atoms with Crippen LogP contribution in [0.4, 0.5) is 4.79 Å². The lowest BCUT2D eigenvalue weighted by Gasteiger charge is -2.19. The van der Waals surface area contributed by atoms with E-state index >= 15 is 0 Å². The first-order valence-electron chi connectivity index (χ1n) is 7.78. The molecule has 1 aliphatic heterocycles. The monoisotopic (exact) mass is 286 g/mol. The van der Waals surface area contributed by atoms with Crippen molar-refractivity contribution in [3.8, 4) is 0 Å². The fourth-order valence-corrected chi connectivity index (χ4v) is 3.37. The minimum atomic E-state index is -0.341. The van der Waals surface area contributed by atoms with E-state index in [-0.39, 0.29) is 23.9 Å². The molecule has 3 rings (SSSR count). The molecule has 1 aromatic carbocycles. The van der Waals surface area contributed by atoms with Gasteiger partial charge >= 0.3 is 6.03 Å². The largest absolute Gasteiger partial charge is 0.326 e. The van der Waals surface area contributed by atoms with Crippen molar-refractivity contribution in [2.45, 2.75) is 39.2 Å². The smallest absolute Gasteiger partial charge is 0.324 e. The number of hydrogen-bond acceptors (Lipinski definition) is 2. The molecule has 112 valence electrons. The van der Waals surface area contributed by atoms with Crippen molar-refractivity contribution >= 4 is 11.9 Å². The number of rotatable bonds is 4. The first-order chi connectivity index (χ1) is 10.1. The molecule has 3 amide bonds. The molecule has 0 saturated carbocycles. The Bertz CT molecular complexity index is 545. The van der Waals surface area contributed by atoms with Gasteiger partial charge in [0, 0.05) is 6.54 Å². The first kappa shape index (κ1) is 14.1. The highest BCUT2D eigenvalue weighted by Crippen LogP contribution is 2.28. The van der Waals surface area contributed by atoms with Crippen LogP contribution in [-0.2, 0) is 17.6 Å². The second kappa shape index (κ2) is 5.51. The standard InChI is InChI=1S/C17H22N2O2/c1-3-11(2)15-16(20)19(17(21)18-15)10-12-8-13-6-4-5-7-14(13)9-12/h4-7,11-12,15H,3,8-10H2,1-2H3,(H,18,21)/t11-,15-/m0/s1. The highest BCUT2D eigenvalue weighted by molar-refractivity contribution is 6.04. The Balaban J connectivity index is 1.67. The summed E-state index contributed by atoms with van der Waals surface area (Å²) < 4.78 is 0. The number of benzene rings is 1. The van der Waals surface area contributed by atoms with Crippen molar-refractivity contribution in [1.82, 2.24) is 10.2 Å². The summed E-state index contributed by atoms with van der Waals surface area (Å²) >= 11 is 0. The van der Waals surface area contributed by atoms with E-state index in [1.807, 2.05) is 26.0 Å². The predicted octanol–water partition coefficient (Wildman–Crippen LogP) is 2.37. The van der Waals surface area contributed by atoms with Gasteiger partial charge in [0.15, 0.2) is 0 Å². The van der Waals surface area contributed by atoms with Crippen molar-refractivity contribution in [3.05, 3.63) is 35.4 Å². The Hall–Kier alpha value is -1.84. The molecule has 1 saturated heterocycles. The summed E-state index contributed by atoms with van der Waals surface area (Å²) in [6.07, 6.45) is 2.81. The summed E-state index contributed by atoms with van der Waals surface area (Å²) in [5.41, 5.74) is 2.71. The quantitative estimate of drug-likeness (QED) is 0.864. The fraction of sp³-hybridized carbons (Fsp3) is 0.529. The molecule has 0 radical (unpaired) electrons. The van der Waals surface area contributed by atoms with Crippen LogP contribution in [0.5, 0.6) is 0 Å². The van der Waals surface area contributed by atoms with Crippen LogP contribution in [0.2, 0.25) is 0 Å². The second-order valence-corrected chi connectivity index (χ2v) is 6.30. The van der Waals surface area contributed by atoms with E-state index in [2.05, 4.69) is 17.4 Å². The van der Waals surface area contributed by atoms with E-state index in [1.165, 1.54) is 16.0 Å². The number of carbonyl (C=O) groups is 2. The predicted molar refractivity (Wildman–Crippen MR) is 80.8 cm³/mol. The van der Waals surface area contributed by atoms with E-state index in [0.29, 0.717) is 12.5 Å². The Morgan fingerprint density at radius 2 is 1.86 bits per heavy atom. The average Bonchev–Trinajstić information content (AvgIpc) is 3.02. The minimum Gasteiger partial charge on any atom is -0.326 e. The van der Waals surface area contributed by atoms with Crippen LogP contribution in [0.1, 0.15) is 31.4 Å². The summed E-state index contributed by atoms with van der Waals surface area (Å²) in [7, 11) is 0. The molecular weight excluding hydrogens is 264 g/mol. The van der Waals surface area contributed by atoms with Crippen LogP contribution < -0.4 is 5.32 Å². The molecule has 1 aromatic rings. The molecule has 21 heavy (non-hydrogen) atoms. The van der Waals surface area contributed by atoms with Crippen molar-refractivity contribution < 1.29 is 9.59 Å². The van der Waals surface area contributed by atoms with Crippen LogP contribution in [0.15, 0.2) is 24.3 Å². The van der Waals surface area contributed by atoms with Crippen molar-refractivity contribution in [1.29, 1.82) is 0 Å². The van der Waals surface area contributed by atoms with Crippen LogP contribution in [0.3, 0.4) is 0 Å². The SMILES string of the molecule is CC[C@H](C)[C@@H]1NC(=O)N(CC2Cc3ccccc3C2)C1=O. The first-order valence-corrected chi connectivity index (χ1v) is 7.78. The lowest BCUT2D eigenvalue weighted by atomic mass is 9.99. The molecule has 0 unspecified atom stereocenters. The zero-order chi connectivity index (χ0) is 15.0. The molecule has 4 nitrogen and oxygen atoms in total. The molecule has 4 heteroatoms. The number of amides is 3. The highest BCUT2D eigenvalue weighted by atomic mass is 16.2. The van der Waals surface area contributed by atoms with Gasteiger partial charge in [-0.2, -0.15) is 0 Å². The third-order valence-electron chi connectivity index (χ3n) is 4.85. The van der Waals surface area contributed by atoms with Crippen LogP contribution in [0.25, 0.3) is 0 Å². The average molecular weight is 286 g/mol. The topological polar surface area (TPSA) is 49.4 Å². The number of imide groups is 1. The van der Waals surface area contributed by atoms with Gasteiger partial charge < -0.3 is 5.32 Å². The molecule has 0 bridgehead atoms. The Kier molecular flexibility index (Phi) is 3.70. The maximum Gasteiger partial charge on any atom is 0.324 e. The van der Waals surface area contributed by atoms with Gasteiger partial charge in [-0.05, 0) is 35.8 Å². The van der Waals surface area contributed by atoms with E-state index in [4.69, 9.17) is 0 Å². The Morgan fingerprint density at radius 3 is 2.43 bits per heavy atom. The maximum absolute atomic E-state index is 12.4. The summed E-state index contributed by atoms with van der Waals surface area (Å²) in [4.78, 5) is 25.9. The third-order valence-corrected chi connectivity index (χ3v) is 4.85. The highest BCUT2D eigenvalue weighted by Gasteiger charge is 2.41. The number of carbonyl (C=O) groups excluding carboxylic acids is 2. The van der Waals surface area contributed by atoms with Gasteiger partial charge in [-0.25, -0.2) is 4.79 Å². The van der Waals surface area contributed by atoms with Crippen LogP contribution in [0, 0.1) is 11.8 Å². The van der Waals surface area contributed by atoms with Gasteiger partial charge in [0.05, 0.1) is 0 Å². The van der Waals surface area contributed by atoms with Gasteiger partial charge in [-0.15, -0.1) is 0 Å². The minimum absolute atomic E-state index is 0.0506. The lowest BCUT2D eigenvalue weighted by Crippen LogP contribution is -2.37. The maximum atomic E-state index is 12.4. The molecule has 0 aromatic heterocycles. The number of nitrogens with one attached hydrogen (secondary N) is 1. The number of hydrogen-bond donors (Lipinski definition) is 1. The summed E-state index contributed by atoms with van der Waals surface area (Å²) in [5.74, 6) is 0.491. The van der Waals surface area contributed by atoms with Gasteiger partial charge in [0.25, 0.3) is 5.91 Å². The van der Waals surface area contributed by atoms with E-state index in [1.54, 1.807) is 0 Å². The number of fused-ring (bicyclic) bond motifs is 1. The fourth-order valence-electron chi connectivity index (χ4n) is 3.37. The molecule has 1 aliphatic carbocycles. The summed E-state index contributed by atoms with van der Waals surface area (Å²) in [5, 5.41) is 2.84. The van der Waals surface area contributed by atoms with Crippen molar-refractivity contribution in [2.75, 3.05) is 6.54 Å². The van der Waals surface area contributed by atoms with Crippen molar-refractivity contribution in [2.24, 2.45) is 11.8 Å². The van der Waals surface area contributed by atoms with E-state index in [9.17, 15) is 9.59 Å². The molecular formula is C17H22N2O2. The number of nitrogens with zero attached hydrogens (tertiary/aromatic N) is 1. The lowest BCUT2D eigenvalue weighted by molar-refractivity contribution is -0.128. The van der Waals surface area contributed by atoms with Crippen LogP contribution >= 0.6 is 0 Å². The molecule has 1 heterocycles. The van der Waals surface area contributed by atoms with E-state index in [0.717, 1.165) is 19.3 Å². The zero-order valence-electron chi connectivity index (χ0n) is 12.6. The normalized spacial score (nSPS) is 23.3. The van der Waals surface area contributed by atoms with Crippen molar-refractivity contribution in [3.63, 3.8) is 0 Å². The molecule has 1 fully saturated rings. The van der Waals surface area contributed by atoms with Gasteiger partial charge in [-0.3, -0.25) is 9.69 Å². The van der Waals surface area contributed by atoms with E-state index < -0.39 is 0 Å². The van der Waals surface area contributed by atoms with Gasteiger partial charge in [0.2, 0.25) is 0 Å². The second-order valence-electron chi connectivity index (χ2n) is 6.30. The van der Waals surface area contributed by atoms with Crippen LogP contribution in [-0.4, -0.2) is 29.4 Å².